The number of halogens is 1. The first-order valence-corrected chi connectivity index (χ1v) is 8.25. The van der Waals surface area contributed by atoms with Crippen LogP contribution < -0.4 is 9.64 Å². The monoisotopic (exact) mass is 361 g/mol. The van der Waals surface area contributed by atoms with Crippen LogP contribution in [0.1, 0.15) is 5.56 Å². The Kier molecular flexibility index (Phi) is 4.95. The third-order valence-electron chi connectivity index (χ3n) is 3.97. The highest BCUT2D eigenvalue weighted by atomic mass is 79.9. The lowest BCUT2D eigenvalue weighted by atomic mass is 10.2. The Labute approximate surface area is 139 Å². The van der Waals surface area contributed by atoms with Gasteiger partial charge in [0.05, 0.1) is 12.8 Å². The molecule has 1 aromatic heterocycles. The van der Waals surface area contributed by atoms with Crippen molar-refractivity contribution in [1.82, 2.24) is 9.88 Å². The molecule has 2 heterocycles. The lowest BCUT2D eigenvalue weighted by molar-refractivity contribution is 0.249. The maximum atomic E-state index is 5.47. The van der Waals surface area contributed by atoms with Crippen LogP contribution in [0.4, 0.5) is 5.69 Å². The summed E-state index contributed by atoms with van der Waals surface area (Å²) in [6.07, 6.45) is 3.76. The van der Waals surface area contributed by atoms with Crippen molar-refractivity contribution >= 4 is 21.6 Å². The van der Waals surface area contributed by atoms with E-state index >= 15 is 0 Å². The summed E-state index contributed by atoms with van der Waals surface area (Å²) in [6.45, 7) is 5.07. The maximum absolute atomic E-state index is 5.47. The van der Waals surface area contributed by atoms with Crippen molar-refractivity contribution in [1.29, 1.82) is 0 Å². The summed E-state index contributed by atoms with van der Waals surface area (Å²) in [4.78, 5) is 9.10. The first-order valence-electron chi connectivity index (χ1n) is 7.46. The van der Waals surface area contributed by atoms with Crippen LogP contribution in [-0.4, -0.2) is 43.2 Å². The molecule has 0 amide bonds. The van der Waals surface area contributed by atoms with Crippen molar-refractivity contribution < 1.29 is 4.74 Å². The van der Waals surface area contributed by atoms with Gasteiger partial charge in [-0.2, -0.15) is 0 Å². The lowest BCUT2D eigenvalue weighted by Crippen LogP contribution is -2.46. The van der Waals surface area contributed by atoms with Crippen LogP contribution in [0.2, 0.25) is 0 Å². The zero-order chi connectivity index (χ0) is 15.4. The predicted molar refractivity (Wildman–Crippen MR) is 92.4 cm³/mol. The summed E-state index contributed by atoms with van der Waals surface area (Å²) in [6, 6.07) is 10.4. The van der Waals surface area contributed by atoms with Crippen LogP contribution in [0.15, 0.2) is 47.2 Å². The van der Waals surface area contributed by atoms with Crippen LogP contribution in [0.25, 0.3) is 0 Å². The standard InChI is InChI=1S/C17H20BrN3O/c1-22-17-5-3-2-4-16(17)21-8-6-20(7-9-21)13-14-10-15(18)12-19-11-14/h2-5,10-12H,6-9,13H2,1H3. The van der Waals surface area contributed by atoms with Crippen LogP contribution in [0, 0.1) is 0 Å². The van der Waals surface area contributed by atoms with Gasteiger partial charge in [-0.25, -0.2) is 0 Å². The van der Waals surface area contributed by atoms with Gasteiger partial charge >= 0.3 is 0 Å². The highest BCUT2D eigenvalue weighted by molar-refractivity contribution is 9.10. The summed E-state index contributed by atoms with van der Waals surface area (Å²) >= 11 is 3.48. The number of hydrogen-bond acceptors (Lipinski definition) is 4. The summed E-state index contributed by atoms with van der Waals surface area (Å²) in [5, 5.41) is 0. The first-order chi connectivity index (χ1) is 10.8. The van der Waals surface area contributed by atoms with E-state index in [1.165, 1.54) is 11.3 Å². The number of nitrogens with zero attached hydrogens (tertiary/aromatic N) is 3. The summed E-state index contributed by atoms with van der Waals surface area (Å²) < 4.78 is 6.50. The van der Waals surface area contributed by atoms with E-state index in [0.717, 1.165) is 42.9 Å². The maximum Gasteiger partial charge on any atom is 0.142 e. The molecule has 1 aliphatic rings. The molecule has 0 N–H and O–H groups in total. The molecule has 5 heteroatoms. The zero-order valence-electron chi connectivity index (χ0n) is 12.7. The Morgan fingerprint density at radius 1 is 1.14 bits per heavy atom. The van der Waals surface area contributed by atoms with Gasteiger partial charge in [-0.05, 0) is 39.7 Å². The van der Waals surface area contributed by atoms with Gasteiger partial charge in [-0.3, -0.25) is 9.88 Å². The minimum atomic E-state index is 0.951. The molecule has 3 rings (SSSR count). The van der Waals surface area contributed by atoms with E-state index in [1.54, 1.807) is 7.11 Å². The van der Waals surface area contributed by atoms with Crippen LogP contribution in [0.5, 0.6) is 5.75 Å². The molecule has 1 aromatic carbocycles. The van der Waals surface area contributed by atoms with Gasteiger partial charge in [0.2, 0.25) is 0 Å². The average Bonchev–Trinajstić information content (AvgIpc) is 2.56. The van der Waals surface area contributed by atoms with E-state index in [9.17, 15) is 0 Å². The molecule has 0 aliphatic carbocycles. The molecule has 2 aromatic rings. The first kappa shape index (κ1) is 15.3. The number of hydrogen-bond donors (Lipinski definition) is 0. The number of ether oxygens (including phenoxy) is 1. The molecule has 1 aliphatic heterocycles. The Bertz CT molecular complexity index is 627. The van der Waals surface area contributed by atoms with Crippen LogP contribution in [0.3, 0.4) is 0 Å². The van der Waals surface area contributed by atoms with Crippen molar-refractivity contribution in [2.75, 3.05) is 38.2 Å². The molecular formula is C17H20BrN3O. The van der Waals surface area contributed by atoms with E-state index in [4.69, 9.17) is 4.74 Å². The number of methoxy groups -OCH3 is 1. The average molecular weight is 362 g/mol. The second-order valence-corrected chi connectivity index (χ2v) is 6.36. The van der Waals surface area contributed by atoms with E-state index in [-0.39, 0.29) is 0 Å². The number of piperazine rings is 1. The van der Waals surface area contributed by atoms with Crippen molar-refractivity contribution in [3.63, 3.8) is 0 Å². The molecular weight excluding hydrogens is 342 g/mol. The van der Waals surface area contributed by atoms with Gasteiger partial charge < -0.3 is 9.64 Å². The van der Waals surface area contributed by atoms with Gasteiger partial charge in [0.15, 0.2) is 0 Å². The largest absolute Gasteiger partial charge is 0.495 e. The molecule has 1 saturated heterocycles. The summed E-state index contributed by atoms with van der Waals surface area (Å²) in [5.74, 6) is 0.951. The fourth-order valence-electron chi connectivity index (χ4n) is 2.84. The quantitative estimate of drug-likeness (QED) is 0.836. The molecule has 0 bridgehead atoms. The molecule has 0 saturated carbocycles. The number of rotatable bonds is 4. The second-order valence-electron chi connectivity index (χ2n) is 5.45. The third kappa shape index (κ3) is 3.59. The molecule has 4 nitrogen and oxygen atoms in total. The van der Waals surface area contributed by atoms with Crippen molar-refractivity contribution in [2.45, 2.75) is 6.54 Å². The predicted octanol–water partition coefficient (Wildman–Crippen LogP) is 3.17. The Morgan fingerprint density at radius 2 is 1.91 bits per heavy atom. The Balaban J connectivity index is 1.60. The molecule has 22 heavy (non-hydrogen) atoms. The number of benzene rings is 1. The number of anilines is 1. The van der Waals surface area contributed by atoms with Crippen molar-refractivity contribution in [2.24, 2.45) is 0 Å². The van der Waals surface area contributed by atoms with E-state index < -0.39 is 0 Å². The van der Waals surface area contributed by atoms with Gasteiger partial charge in [0, 0.05) is 49.6 Å². The second kappa shape index (κ2) is 7.11. The number of aromatic nitrogens is 1. The van der Waals surface area contributed by atoms with Crippen molar-refractivity contribution in [3.05, 3.63) is 52.8 Å². The molecule has 0 radical (unpaired) electrons. The minimum Gasteiger partial charge on any atom is -0.495 e. The smallest absolute Gasteiger partial charge is 0.142 e. The zero-order valence-corrected chi connectivity index (χ0v) is 14.3. The molecule has 0 spiro atoms. The van der Waals surface area contributed by atoms with Gasteiger partial charge in [-0.15, -0.1) is 0 Å². The lowest BCUT2D eigenvalue weighted by Gasteiger charge is -2.36. The normalized spacial score (nSPS) is 15.8. The van der Waals surface area contributed by atoms with E-state index in [2.05, 4.69) is 48.9 Å². The molecule has 116 valence electrons. The van der Waals surface area contributed by atoms with E-state index in [0.29, 0.717) is 0 Å². The number of para-hydroxylation sites is 2. The summed E-state index contributed by atoms with van der Waals surface area (Å²) in [5.41, 5.74) is 2.44. The highest BCUT2D eigenvalue weighted by Crippen LogP contribution is 2.28. The van der Waals surface area contributed by atoms with Crippen molar-refractivity contribution in [3.8, 4) is 5.75 Å². The minimum absolute atomic E-state index is 0.951. The fourth-order valence-corrected chi connectivity index (χ4v) is 3.25. The highest BCUT2D eigenvalue weighted by Gasteiger charge is 2.19. The molecule has 1 fully saturated rings. The molecule has 0 unspecified atom stereocenters. The Morgan fingerprint density at radius 3 is 2.64 bits per heavy atom. The van der Waals surface area contributed by atoms with Gasteiger partial charge in [0.1, 0.15) is 5.75 Å². The SMILES string of the molecule is COc1ccccc1N1CCN(Cc2cncc(Br)c2)CC1. The van der Waals surface area contributed by atoms with Crippen LogP contribution >= 0.6 is 15.9 Å². The fraction of sp³-hybridized carbons (Fsp3) is 0.353. The molecule has 0 atom stereocenters. The Hall–Kier alpha value is -1.59. The topological polar surface area (TPSA) is 28.6 Å². The third-order valence-corrected chi connectivity index (χ3v) is 4.40. The van der Waals surface area contributed by atoms with Gasteiger partial charge in [-0.1, -0.05) is 12.1 Å². The van der Waals surface area contributed by atoms with Crippen LogP contribution in [-0.2, 0) is 6.54 Å². The number of pyridine rings is 1. The van der Waals surface area contributed by atoms with E-state index in [1.807, 2.05) is 24.5 Å². The van der Waals surface area contributed by atoms with Gasteiger partial charge in [0.25, 0.3) is 0 Å². The summed E-state index contributed by atoms with van der Waals surface area (Å²) in [7, 11) is 1.73.